The number of halogens is 1. The van der Waals surface area contributed by atoms with Crippen molar-refractivity contribution < 1.29 is 4.79 Å². The van der Waals surface area contributed by atoms with E-state index in [1.807, 2.05) is 30.7 Å². The van der Waals surface area contributed by atoms with Gasteiger partial charge in [0.05, 0.1) is 6.54 Å². The highest BCUT2D eigenvalue weighted by Gasteiger charge is 2.16. The lowest BCUT2D eigenvalue weighted by Crippen LogP contribution is -2.45. The third kappa shape index (κ3) is 8.12. The van der Waals surface area contributed by atoms with E-state index in [-0.39, 0.29) is 29.9 Å². The van der Waals surface area contributed by atoms with Crippen LogP contribution in [0, 0.1) is 0 Å². The highest BCUT2D eigenvalue weighted by Crippen LogP contribution is 2.18. The smallest absolute Gasteiger partial charge is 0.242 e. The van der Waals surface area contributed by atoms with Crippen LogP contribution in [0.3, 0.4) is 0 Å². The van der Waals surface area contributed by atoms with Crippen LogP contribution in [0.1, 0.15) is 38.3 Å². The zero-order valence-electron chi connectivity index (χ0n) is 18.5. The van der Waals surface area contributed by atoms with E-state index in [1.54, 1.807) is 0 Å². The Morgan fingerprint density at radius 1 is 1.17 bits per heavy atom. The van der Waals surface area contributed by atoms with Gasteiger partial charge in [-0.2, -0.15) is 0 Å². The van der Waals surface area contributed by atoms with Crippen LogP contribution < -0.4 is 5.32 Å². The molecular formula is C22H38IN5O. The fourth-order valence-electron chi connectivity index (χ4n) is 3.65. The second-order valence-corrected chi connectivity index (χ2v) is 7.31. The molecule has 1 aliphatic rings. The Bertz CT molecular complexity index is 648. The third-order valence-corrected chi connectivity index (χ3v) is 5.29. The van der Waals surface area contributed by atoms with Crippen molar-refractivity contribution in [2.24, 2.45) is 4.99 Å². The molecule has 0 bridgehead atoms. The van der Waals surface area contributed by atoms with E-state index in [1.165, 1.54) is 11.1 Å². The predicted octanol–water partition coefficient (Wildman–Crippen LogP) is 2.82. The SMILES string of the molecule is CCNC(=NCCCN1CCc2ccccc2C1)N(C)CC(=O)N(CC)CC.I. The topological polar surface area (TPSA) is 51.2 Å². The Kier molecular flexibility index (Phi) is 12.2. The standard InChI is InChI=1S/C22H37N5O.HI/c1-5-23-22(25(4)18-21(28)27(6-2)7-3)24-14-10-15-26-16-13-19-11-8-9-12-20(19)17-26;/h8-9,11-12H,5-7,10,13-18H2,1-4H3,(H,23,24);1H. The Morgan fingerprint density at radius 3 is 2.52 bits per heavy atom. The summed E-state index contributed by atoms with van der Waals surface area (Å²) >= 11 is 0. The zero-order valence-corrected chi connectivity index (χ0v) is 20.8. The molecule has 1 N–H and O–H groups in total. The van der Waals surface area contributed by atoms with Crippen molar-refractivity contribution in [3.05, 3.63) is 35.4 Å². The molecule has 1 amide bonds. The number of nitrogens with zero attached hydrogens (tertiary/aromatic N) is 4. The van der Waals surface area contributed by atoms with Crippen molar-refractivity contribution in [3.8, 4) is 0 Å². The number of hydrogen-bond acceptors (Lipinski definition) is 3. The van der Waals surface area contributed by atoms with E-state index in [9.17, 15) is 4.79 Å². The lowest BCUT2D eigenvalue weighted by molar-refractivity contribution is -0.131. The number of benzene rings is 1. The molecule has 1 aliphatic heterocycles. The molecule has 7 heteroatoms. The molecule has 29 heavy (non-hydrogen) atoms. The number of hydrogen-bond donors (Lipinski definition) is 1. The molecule has 0 atom stereocenters. The number of likely N-dealkylation sites (N-methyl/N-ethyl adjacent to an activating group) is 2. The molecule has 0 aromatic heterocycles. The predicted molar refractivity (Wildman–Crippen MR) is 132 cm³/mol. The molecule has 0 spiro atoms. The maximum atomic E-state index is 12.4. The summed E-state index contributed by atoms with van der Waals surface area (Å²) in [6.07, 6.45) is 2.16. The van der Waals surface area contributed by atoms with Crippen molar-refractivity contribution in [1.29, 1.82) is 0 Å². The van der Waals surface area contributed by atoms with Crippen LogP contribution in [0.2, 0.25) is 0 Å². The molecule has 0 radical (unpaired) electrons. The molecule has 1 aromatic carbocycles. The third-order valence-electron chi connectivity index (χ3n) is 5.29. The number of carbonyl (C=O) groups excluding carboxylic acids is 1. The number of fused-ring (bicyclic) bond motifs is 1. The first-order valence-corrected chi connectivity index (χ1v) is 10.6. The van der Waals surface area contributed by atoms with Crippen molar-refractivity contribution >= 4 is 35.8 Å². The molecule has 0 fully saturated rings. The summed E-state index contributed by atoms with van der Waals surface area (Å²) in [5.74, 6) is 0.956. The van der Waals surface area contributed by atoms with Gasteiger partial charge in [-0.3, -0.25) is 14.7 Å². The first-order valence-electron chi connectivity index (χ1n) is 10.6. The van der Waals surface area contributed by atoms with Gasteiger partial charge < -0.3 is 15.1 Å². The number of aliphatic imine (C=N–C) groups is 1. The van der Waals surface area contributed by atoms with E-state index >= 15 is 0 Å². The maximum Gasteiger partial charge on any atom is 0.242 e. The summed E-state index contributed by atoms with van der Waals surface area (Å²) in [4.78, 5) is 23.4. The minimum absolute atomic E-state index is 0. The normalized spacial score (nSPS) is 14.0. The number of carbonyl (C=O) groups is 1. The van der Waals surface area contributed by atoms with Crippen LogP contribution in [0.15, 0.2) is 29.3 Å². The minimum Gasteiger partial charge on any atom is -0.357 e. The van der Waals surface area contributed by atoms with E-state index in [4.69, 9.17) is 4.99 Å². The lowest BCUT2D eigenvalue weighted by atomic mass is 10.00. The van der Waals surface area contributed by atoms with Gasteiger partial charge in [0.25, 0.3) is 0 Å². The summed E-state index contributed by atoms with van der Waals surface area (Å²) in [5, 5.41) is 3.31. The monoisotopic (exact) mass is 515 g/mol. The van der Waals surface area contributed by atoms with E-state index < -0.39 is 0 Å². The number of amides is 1. The van der Waals surface area contributed by atoms with E-state index in [0.717, 1.165) is 64.6 Å². The second-order valence-electron chi connectivity index (χ2n) is 7.31. The van der Waals surface area contributed by atoms with Gasteiger partial charge in [0, 0.05) is 52.9 Å². The van der Waals surface area contributed by atoms with Crippen LogP contribution in [0.4, 0.5) is 0 Å². The number of rotatable bonds is 9. The van der Waals surface area contributed by atoms with Gasteiger partial charge in [-0.25, -0.2) is 0 Å². The Balaban J connectivity index is 0.00000420. The summed E-state index contributed by atoms with van der Waals surface area (Å²) in [6.45, 7) is 12.7. The quantitative estimate of drug-likeness (QED) is 0.238. The molecule has 2 rings (SSSR count). The fraction of sp³-hybridized carbons (Fsp3) is 0.636. The van der Waals surface area contributed by atoms with E-state index in [2.05, 4.69) is 41.4 Å². The van der Waals surface area contributed by atoms with Crippen molar-refractivity contribution in [2.45, 2.75) is 40.2 Å². The van der Waals surface area contributed by atoms with Crippen LogP contribution in [0.25, 0.3) is 0 Å². The van der Waals surface area contributed by atoms with Crippen molar-refractivity contribution in [2.75, 3.05) is 52.9 Å². The van der Waals surface area contributed by atoms with Crippen LogP contribution >= 0.6 is 24.0 Å². The van der Waals surface area contributed by atoms with Gasteiger partial charge in [-0.1, -0.05) is 24.3 Å². The Labute approximate surface area is 193 Å². The van der Waals surface area contributed by atoms with Gasteiger partial charge in [0.1, 0.15) is 0 Å². The molecule has 0 saturated heterocycles. The second kappa shape index (κ2) is 13.8. The van der Waals surface area contributed by atoms with E-state index in [0.29, 0.717) is 6.54 Å². The lowest BCUT2D eigenvalue weighted by Gasteiger charge is -2.28. The molecule has 164 valence electrons. The van der Waals surface area contributed by atoms with Gasteiger partial charge in [-0.05, 0) is 44.7 Å². The van der Waals surface area contributed by atoms with Crippen molar-refractivity contribution in [3.63, 3.8) is 0 Å². The summed E-state index contributed by atoms with van der Waals surface area (Å²) in [7, 11) is 1.93. The van der Waals surface area contributed by atoms with Gasteiger partial charge >= 0.3 is 0 Å². The molecule has 1 aromatic rings. The maximum absolute atomic E-state index is 12.4. The number of guanidine groups is 1. The first kappa shape index (κ1) is 25.7. The minimum atomic E-state index is 0. The molecule has 0 unspecified atom stereocenters. The van der Waals surface area contributed by atoms with Crippen molar-refractivity contribution in [1.82, 2.24) is 20.0 Å². The average molecular weight is 515 g/mol. The molecular weight excluding hydrogens is 477 g/mol. The summed E-state index contributed by atoms with van der Waals surface area (Å²) in [5.41, 5.74) is 2.95. The summed E-state index contributed by atoms with van der Waals surface area (Å²) < 4.78 is 0. The fourth-order valence-corrected chi connectivity index (χ4v) is 3.65. The van der Waals surface area contributed by atoms with Crippen LogP contribution in [-0.2, 0) is 17.8 Å². The van der Waals surface area contributed by atoms with Gasteiger partial charge in [0.2, 0.25) is 5.91 Å². The highest BCUT2D eigenvalue weighted by atomic mass is 127. The largest absolute Gasteiger partial charge is 0.357 e. The van der Waals surface area contributed by atoms with Gasteiger partial charge in [-0.15, -0.1) is 24.0 Å². The summed E-state index contributed by atoms with van der Waals surface area (Å²) in [6, 6.07) is 8.75. The van der Waals surface area contributed by atoms with Crippen LogP contribution in [0.5, 0.6) is 0 Å². The molecule has 6 nitrogen and oxygen atoms in total. The molecule has 1 heterocycles. The Morgan fingerprint density at radius 2 is 1.86 bits per heavy atom. The number of nitrogens with one attached hydrogen (secondary N) is 1. The van der Waals surface area contributed by atoms with Gasteiger partial charge in [0.15, 0.2) is 5.96 Å². The molecule has 0 aliphatic carbocycles. The van der Waals surface area contributed by atoms with Crippen LogP contribution in [-0.4, -0.2) is 79.4 Å². The average Bonchev–Trinajstić information content (AvgIpc) is 2.71. The Hall–Kier alpha value is -1.35. The zero-order chi connectivity index (χ0) is 20.4. The first-order chi connectivity index (χ1) is 13.6. The molecule has 0 saturated carbocycles. The highest BCUT2D eigenvalue weighted by molar-refractivity contribution is 14.0.